The third-order valence-electron chi connectivity index (χ3n) is 2.16. The average Bonchev–Trinajstić information content (AvgIpc) is 2.38. The van der Waals surface area contributed by atoms with Gasteiger partial charge in [-0.25, -0.2) is 4.98 Å². The Kier molecular flexibility index (Phi) is 4.41. The second-order valence-corrected chi connectivity index (χ2v) is 5.54. The number of halogens is 3. The molecule has 2 rings (SSSR count). The van der Waals surface area contributed by atoms with Gasteiger partial charge in [0.05, 0.1) is 20.2 Å². The Morgan fingerprint density at radius 1 is 1.35 bits per heavy atom. The van der Waals surface area contributed by atoms with Crippen molar-refractivity contribution >= 4 is 49.1 Å². The highest BCUT2D eigenvalue weighted by atomic mass is 79.9. The largest absolute Gasteiger partial charge is 0.435 e. The molecule has 0 amide bonds. The van der Waals surface area contributed by atoms with Crippen molar-refractivity contribution in [2.75, 3.05) is 0 Å². The smallest absolute Gasteiger partial charge is 0.273 e. The number of benzene rings is 1. The van der Waals surface area contributed by atoms with E-state index in [1.807, 2.05) is 0 Å². The van der Waals surface area contributed by atoms with E-state index in [9.17, 15) is 14.9 Å². The van der Waals surface area contributed by atoms with Crippen LogP contribution in [0.1, 0.15) is 0 Å². The number of hydrogen-bond acceptors (Lipinski definition) is 5. The molecule has 0 saturated carbocycles. The zero-order valence-electron chi connectivity index (χ0n) is 9.39. The zero-order valence-corrected chi connectivity index (χ0v) is 13.3. The molecule has 0 aliphatic rings. The molecule has 0 bridgehead atoms. The van der Waals surface area contributed by atoms with Crippen LogP contribution < -0.4 is 10.3 Å². The Bertz CT molecular complexity index is 727. The van der Waals surface area contributed by atoms with Crippen LogP contribution >= 0.6 is 43.5 Å². The maximum absolute atomic E-state index is 11.3. The van der Waals surface area contributed by atoms with E-state index >= 15 is 0 Å². The Morgan fingerprint density at radius 3 is 2.50 bits per heavy atom. The van der Waals surface area contributed by atoms with Gasteiger partial charge >= 0.3 is 0 Å². The van der Waals surface area contributed by atoms with E-state index in [2.05, 4.69) is 41.8 Å². The van der Waals surface area contributed by atoms with Crippen molar-refractivity contribution in [1.29, 1.82) is 0 Å². The molecular weight excluding hydrogens is 421 g/mol. The minimum absolute atomic E-state index is 0.106. The number of ether oxygens (including phenoxy) is 1. The van der Waals surface area contributed by atoms with Gasteiger partial charge < -0.3 is 9.72 Å². The second kappa shape index (κ2) is 5.90. The molecule has 104 valence electrons. The van der Waals surface area contributed by atoms with E-state index in [-0.39, 0.29) is 22.3 Å². The molecule has 0 radical (unpaired) electrons. The van der Waals surface area contributed by atoms with Gasteiger partial charge in [0.15, 0.2) is 10.8 Å². The topological polar surface area (TPSA) is 98.1 Å². The highest BCUT2D eigenvalue weighted by Gasteiger charge is 2.18. The standard InChI is InChI=1S/C10H4Br2ClN3O4/c11-5-1-4(16(18)19)2-6(12)8(5)20-10-7(13)9(17)14-3-15-10/h1-3H,(H,14,15,17). The van der Waals surface area contributed by atoms with Crippen molar-refractivity contribution in [3.63, 3.8) is 0 Å². The molecule has 1 aromatic heterocycles. The maximum atomic E-state index is 11.3. The van der Waals surface area contributed by atoms with Crippen molar-refractivity contribution in [3.05, 3.63) is 52.9 Å². The number of nitrogens with one attached hydrogen (secondary N) is 1. The van der Waals surface area contributed by atoms with Crippen LogP contribution in [0.3, 0.4) is 0 Å². The van der Waals surface area contributed by atoms with E-state index in [0.29, 0.717) is 8.95 Å². The van der Waals surface area contributed by atoms with Gasteiger partial charge in [-0.1, -0.05) is 11.6 Å². The van der Waals surface area contributed by atoms with E-state index < -0.39 is 10.5 Å². The van der Waals surface area contributed by atoms with Gasteiger partial charge in [0.1, 0.15) is 0 Å². The van der Waals surface area contributed by atoms with Gasteiger partial charge in [-0.2, -0.15) is 0 Å². The van der Waals surface area contributed by atoms with Crippen molar-refractivity contribution in [2.45, 2.75) is 0 Å². The first kappa shape index (κ1) is 14.9. The summed E-state index contributed by atoms with van der Waals surface area (Å²) in [6.07, 6.45) is 1.14. The highest BCUT2D eigenvalue weighted by molar-refractivity contribution is 9.11. The maximum Gasteiger partial charge on any atom is 0.273 e. The highest BCUT2D eigenvalue weighted by Crippen LogP contribution is 2.40. The Balaban J connectivity index is 2.47. The molecule has 0 atom stereocenters. The van der Waals surface area contributed by atoms with Crippen molar-refractivity contribution in [2.24, 2.45) is 0 Å². The SMILES string of the molecule is O=c1[nH]cnc(Oc2c(Br)cc([N+](=O)[O-])cc2Br)c1Cl. The molecule has 20 heavy (non-hydrogen) atoms. The van der Waals surface area contributed by atoms with Gasteiger partial charge in [0, 0.05) is 12.1 Å². The molecule has 1 heterocycles. The van der Waals surface area contributed by atoms with E-state index in [1.54, 1.807) is 0 Å². The first-order valence-corrected chi connectivity index (χ1v) is 6.91. The van der Waals surface area contributed by atoms with Gasteiger partial charge in [0.2, 0.25) is 5.88 Å². The lowest BCUT2D eigenvalue weighted by Gasteiger charge is -2.09. The van der Waals surface area contributed by atoms with E-state index in [0.717, 1.165) is 6.33 Å². The Morgan fingerprint density at radius 2 is 1.95 bits per heavy atom. The number of aromatic nitrogens is 2. The number of aromatic amines is 1. The minimum atomic E-state index is -0.550. The fraction of sp³-hybridized carbons (Fsp3) is 0. The number of H-pyrrole nitrogens is 1. The van der Waals surface area contributed by atoms with Crippen LogP contribution in [-0.2, 0) is 0 Å². The second-order valence-electron chi connectivity index (χ2n) is 3.45. The van der Waals surface area contributed by atoms with E-state index in [1.165, 1.54) is 12.1 Å². The molecule has 0 unspecified atom stereocenters. The Hall–Kier alpha value is -1.45. The third-order valence-corrected chi connectivity index (χ3v) is 3.67. The number of rotatable bonds is 3. The lowest BCUT2D eigenvalue weighted by molar-refractivity contribution is -0.385. The predicted molar refractivity (Wildman–Crippen MR) is 78.4 cm³/mol. The first-order valence-electron chi connectivity index (χ1n) is 4.94. The summed E-state index contributed by atoms with van der Waals surface area (Å²) < 4.78 is 6.04. The summed E-state index contributed by atoms with van der Waals surface area (Å²) in [4.78, 5) is 27.6. The Labute approximate surface area is 133 Å². The summed E-state index contributed by atoms with van der Waals surface area (Å²) >= 11 is 12.1. The summed E-state index contributed by atoms with van der Waals surface area (Å²) in [7, 11) is 0. The van der Waals surface area contributed by atoms with Crippen LogP contribution in [-0.4, -0.2) is 14.9 Å². The minimum Gasteiger partial charge on any atom is -0.435 e. The molecule has 0 saturated heterocycles. The lowest BCUT2D eigenvalue weighted by Crippen LogP contribution is -2.08. The molecule has 0 aliphatic heterocycles. The number of nitrogens with zero attached hydrogens (tertiary/aromatic N) is 2. The predicted octanol–water partition coefficient (Wildman–Crippen LogP) is 3.65. The monoisotopic (exact) mass is 423 g/mol. The number of nitro groups is 1. The van der Waals surface area contributed by atoms with Gasteiger partial charge in [-0.05, 0) is 31.9 Å². The van der Waals surface area contributed by atoms with E-state index in [4.69, 9.17) is 16.3 Å². The van der Waals surface area contributed by atoms with Crippen molar-refractivity contribution in [1.82, 2.24) is 9.97 Å². The fourth-order valence-electron chi connectivity index (χ4n) is 1.28. The first-order chi connectivity index (χ1) is 9.40. The van der Waals surface area contributed by atoms with Crippen LogP contribution in [0, 0.1) is 10.1 Å². The number of non-ortho nitro benzene ring substituents is 1. The van der Waals surface area contributed by atoms with Crippen LogP contribution in [0.4, 0.5) is 5.69 Å². The summed E-state index contributed by atoms with van der Waals surface area (Å²) in [5.74, 6) is 0.112. The lowest BCUT2D eigenvalue weighted by atomic mass is 10.3. The molecule has 0 spiro atoms. The molecule has 2 aromatic rings. The van der Waals surface area contributed by atoms with Crippen molar-refractivity contribution < 1.29 is 9.66 Å². The molecule has 10 heteroatoms. The van der Waals surface area contributed by atoms with Crippen LogP contribution in [0.5, 0.6) is 11.6 Å². The average molecular weight is 425 g/mol. The summed E-state index contributed by atoms with van der Waals surface area (Å²) in [6.45, 7) is 0. The summed E-state index contributed by atoms with van der Waals surface area (Å²) in [5, 5.41) is 10.5. The fourth-order valence-corrected chi connectivity index (χ4v) is 2.75. The normalized spacial score (nSPS) is 10.3. The van der Waals surface area contributed by atoms with Crippen LogP contribution in [0.2, 0.25) is 5.02 Å². The molecule has 0 aliphatic carbocycles. The van der Waals surface area contributed by atoms with Crippen molar-refractivity contribution in [3.8, 4) is 11.6 Å². The van der Waals surface area contributed by atoms with Gasteiger partial charge in [0.25, 0.3) is 11.2 Å². The number of nitro benzene ring substituents is 1. The molecule has 1 N–H and O–H groups in total. The summed E-state index contributed by atoms with van der Waals surface area (Å²) in [5.41, 5.74) is -0.674. The molecular formula is C10H4Br2ClN3O4. The summed E-state index contributed by atoms with van der Waals surface area (Å²) in [6, 6.07) is 2.53. The molecule has 0 fully saturated rings. The van der Waals surface area contributed by atoms with Crippen LogP contribution in [0.25, 0.3) is 0 Å². The third kappa shape index (κ3) is 3.00. The van der Waals surface area contributed by atoms with Gasteiger partial charge in [-0.3, -0.25) is 14.9 Å². The molecule has 1 aromatic carbocycles. The van der Waals surface area contributed by atoms with Gasteiger partial charge in [-0.15, -0.1) is 0 Å². The van der Waals surface area contributed by atoms with Crippen LogP contribution in [0.15, 0.2) is 32.2 Å². The number of hydrogen-bond donors (Lipinski definition) is 1. The molecule has 7 nitrogen and oxygen atoms in total. The quantitative estimate of drug-likeness (QED) is 0.598. The zero-order chi connectivity index (χ0) is 14.9.